The molecule has 1 aromatic carbocycles. The molecule has 1 amide bonds. The molecule has 1 N–H and O–H groups in total. The SMILES string of the molecule is CN(Cc1cc(F)c(-c2cc3c(-c4ccc(Cl)nc4)nn(COCC[Si](C)(C)C)c3cn2)c(F)c1)C(=O)O. The average molecular weight is 560 g/mol. The zero-order chi connectivity index (χ0) is 27.6. The number of halogens is 3. The Bertz CT molecular complexity index is 1450. The van der Waals surface area contributed by atoms with Gasteiger partial charge in [-0.3, -0.25) is 4.98 Å². The highest BCUT2D eigenvalue weighted by atomic mass is 35.5. The molecule has 4 rings (SSSR count). The number of benzene rings is 1. The fraction of sp³-hybridized carbons (Fsp3) is 0.308. The molecule has 0 bridgehead atoms. The number of ether oxygens (including phenoxy) is 1. The van der Waals surface area contributed by atoms with E-state index in [1.807, 2.05) is 0 Å². The second kappa shape index (κ2) is 11.1. The van der Waals surface area contributed by atoms with Crippen LogP contribution >= 0.6 is 11.6 Å². The summed E-state index contributed by atoms with van der Waals surface area (Å²) in [5, 5.41) is 14.7. The van der Waals surface area contributed by atoms with Crippen LogP contribution in [-0.4, -0.2) is 57.6 Å². The van der Waals surface area contributed by atoms with Gasteiger partial charge in [-0.05, 0) is 41.9 Å². The van der Waals surface area contributed by atoms with Crippen molar-refractivity contribution >= 4 is 36.7 Å². The molecule has 200 valence electrons. The summed E-state index contributed by atoms with van der Waals surface area (Å²) >= 11 is 5.96. The monoisotopic (exact) mass is 559 g/mol. The molecule has 0 aliphatic rings. The Labute approximate surface area is 224 Å². The molecule has 0 aliphatic carbocycles. The molecule has 8 nitrogen and oxygen atoms in total. The fourth-order valence-corrected chi connectivity index (χ4v) is 4.74. The van der Waals surface area contributed by atoms with Crippen LogP contribution in [-0.2, 0) is 18.0 Å². The molecule has 0 spiro atoms. The van der Waals surface area contributed by atoms with Gasteiger partial charge in [-0.15, -0.1) is 0 Å². The predicted octanol–water partition coefficient (Wildman–Crippen LogP) is 6.51. The van der Waals surface area contributed by atoms with Crippen LogP contribution in [0, 0.1) is 11.6 Å². The van der Waals surface area contributed by atoms with Crippen molar-refractivity contribution in [1.82, 2.24) is 24.6 Å². The van der Waals surface area contributed by atoms with Crippen LogP contribution in [0.2, 0.25) is 30.8 Å². The lowest BCUT2D eigenvalue weighted by molar-refractivity contribution is 0.0818. The van der Waals surface area contributed by atoms with E-state index in [0.717, 1.165) is 23.1 Å². The van der Waals surface area contributed by atoms with Crippen molar-refractivity contribution in [3.63, 3.8) is 0 Å². The zero-order valence-electron chi connectivity index (χ0n) is 21.5. The quantitative estimate of drug-likeness (QED) is 0.143. The van der Waals surface area contributed by atoms with Crippen LogP contribution in [0.4, 0.5) is 13.6 Å². The predicted molar refractivity (Wildman–Crippen MR) is 145 cm³/mol. The van der Waals surface area contributed by atoms with Crippen molar-refractivity contribution in [2.45, 2.75) is 39.0 Å². The normalized spacial score (nSPS) is 11.8. The number of pyridine rings is 2. The van der Waals surface area contributed by atoms with Crippen molar-refractivity contribution in [2.75, 3.05) is 13.7 Å². The summed E-state index contributed by atoms with van der Waals surface area (Å²) in [6, 6.07) is 8.21. The number of fused-ring (bicyclic) bond motifs is 1. The lowest BCUT2D eigenvalue weighted by atomic mass is 10.0. The number of carboxylic acid groups (broad SMARTS) is 1. The van der Waals surface area contributed by atoms with Gasteiger partial charge in [-0.2, -0.15) is 5.10 Å². The van der Waals surface area contributed by atoms with Gasteiger partial charge < -0.3 is 14.7 Å². The number of hydrogen-bond donors (Lipinski definition) is 1. The third-order valence-electron chi connectivity index (χ3n) is 5.95. The molecule has 0 saturated carbocycles. The van der Waals surface area contributed by atoms with Crippen LogP contribution in [0.5, 0.6) is 0 Å². The Hall–Kier alpha value is -3.41. The van der Waals surface area contributed by atoms with Gasteiger partial charge in [-0.25, -0.2) is 23.2 Å². The second-order valence-corrected chi connectivity index (χ2v) is 16.2. The average Bonchev–Trinajstić information content (AvgIpc) is 3.19. The zero-order valence-corrected chi connectivity index (χ0v) is 23.3. The summed E-state index contributed by atoms with van der Waals surface area (Å²) in [6.45, 7) is 7.44. The van der Waals surface area contributed by atoms with Gasteiger partial charge in [0.15, 0.2) is 0 Å². The van der Waals surface area contributed by atoms with Crippen LogP contribution < -0.4 is 0 Å². The van der Waals surface area contributed by atoms with Crippen LogP contribution in [0.15, 0.2) is 42.7 Å². The molecule has 4 aromatic rings. The Kier molecular flexibility index (Phi) is 8.10. The number of aromatic nitrogens is 4. The van der Waals surface area contributed by atoms with Crippen molar-refractivity contribution in [2.24, 2.45) is 0 Å². The third-order valence-corrected chi connectivity index (χ3v) is 7.88. The first-order valence-corrected chi connectivity index (χ1v) is 16.0. The molecule has 3 aromatic heterocycles. The smallest absolute Gasteiger partial charge is 0.407 e. The van der Waals surface area contributed by atoms with E-state index in [2.05, 4.69) is 29.6 Å². The minimum absolute atomic E-state index is 0.0769. The minimum Gasteiger partial charge on any atom is -0.465 e. The molecular formula is C26H28ClF2N5O3Si. The van der Waals surface area contributed by atoms with E-state index in [9.17, 15) is 4.79 Å². The Morgan fingerprint density at radius 3 is 2.45 bits per heavy atom. The third kappa shape index (κ3) is 6.34. The van der Waals surface area contributed by atoms with Gasteiger partial charge in [0, 0.05) is 45.4 Å². The molecule has 0 saturated heterocycles. The van der Waals surface area contributed by atoms with E-state index >= 15 is 8.78 Å². The minimum atomic E-state index is -1.27. The van der Waals surface area contributed by atoms with Crippen LogP contribution in [0.3, 0.4) is 0 Å². The van der Waals surface area contributed by atoms with E-state index in [0.29, 0.717) is 33.9 Å². The first-order chi connectivity index (χ1) is 17.9. The van der Waals surface area contributed by atoms with Gasteiger partial charge in [0.25, 0.3) is 0 Å². The summed E-state index contributed by atoms with van der Waals surface area (Å²) in [4.78, 5) is 20.5. The number of rotatable bonds is 9. The highest BCUT2D eigenvalue weighted by Crippen LogP contribution is 2.33. The molecule has 0 unspecified atom stereocenters. The second-order valence-electron chi connectivity index (χ2n) is 10.2. The van der Waals surface area contributed by atoms with Gasteiger partial charge in [0.2, 0.25) is 0 Å². The number of hydrogen-bond acceptors (Lipinski definition) is 5. The maximum atomic E-state index is 15.1. The van der Waals surface area contributed by atoms with E-state index in [1.165, 1.54) is 13.2 Å². The van der Waals surface area contributed by atoms with Crippen molar-refractivity contribution in [3.8, 4) is 22.5 Å². The first-order valence-electron chi connectivity index (χ1n) is 11.9. The summed E-state index contributed by atoms with van der Waals surface area (Å²) in [7, 11) is 0.0534. The Morgan fingerprint density at radius 1 is 1.13 bits per heavy atom. The maximum Gasteiger partial charge on any atom is 0.407 e. The summed E-state index contributed by atoms with van der Waals surface area (Å²) in [5.41, 5.74) is 1.80. The lowest BCUT2D eigenvalue weighted by Gasteiger charge is -2.15. The largest absolute Gasteiger partial charge is 0.465 e. The van der Waals surface area contributed by atoms with E-state index < -0.39 is 25.8 Å². The highest BCUT2D eigenvalue weighted by Gasteiger charge is 2.20. The number of carbonyl (C=O) groups is 1. The van der Waals surface area contributed by atoms with Crippen molar-refractivity contribution in [3.05, 3.63) is 65.1 Å². The molecule has 0 atom stereocenters. The van der Waals surface area contributed by atoms with Gasteiger partial charge >= 0.3 is 6.09 Å². The Morgan fingerprint density at radius 2 is 1.84 bits per heavy atom. The molecule has 38 heavy (non-hydrogen) atoms. The highest BCUT2D eigenvalue weighted by molar-refractivity contribution is 6.76. The molecular weight excluding hydrogens is 532 g/mol. The van der Waals surface area contributed by atoms with Gasteiger partial charge in [0.1, 0.15) is 29.2 Å². The first kappa shape index (κ1) is 27.6. The van der Waals surface area contributed by atoms with Gasteiger partial charge in [0.05, 0.1) is 23.0 Å². The standard InChI is InChI=1S/C26H28ClF2N5O3Si/c1-33(26(35)36)14-16-9-19(28)24(20(29)10-16)21-11-18-22(13-30-21)34(15-37-7-8-38(2,3)4)32-25(18)17-5-6-23(27)31-12-17/h5-6,9-13H,7-8,14-15H2,1-4H3,(H,35,36). The molecule has 0 aliphatic heterocycles. The molecule has 0 radical (unpaired) electrons. The fourth-order valence-electron chi connectivity index (χ4n) is 3.87. The lowest BCUT2D eigenvalue weighted by Crippen LogP contribution is -2.24. The molecule has 3 heterocycles. The van der Waals surface area contributed by atoms with Crippen LogP contribution in [0.25, 0.3) is 33.4 Å². The summed E-state index contributed by atoms with van der Waals surface area (Å²) < 4.78 is 37.8. The van der Waals surface area contributed by atoms with Crippen molar-refractivity contribution < 1.29 is 23.4 Å². The number of amides is 1. The molecule has 0 fully saturated rings. The molecule has 12 heteroatoms. The Balaban J connectivity index is 1.74. The number of nitrogens with zero attached hydrogens (tertiary/aromatic N) is 5. The maximum absolute atomic E-state index is 15.1. The summed E-state index contributed by atoms with van der Waals surface area (Å²) in [5.74, 6) is -1.69. The summed E-state index contributed by atoms with van der Waals surface area (Å²) in [6.07, 6.45) is 1.89. The van der Waals surface area contributed by atoms with E-state index in [-0.39, 0.29) is 30.1 Å². The van der Waals surface area contributed by atoms with E-state index in [1.54, 1.807) is 29.1 Å². The van der Waals surface area contributed by atoms with Crippen LogP contribution in [0.1, 0.15) is 5.56 Å². The topological polar surface area (TPSA) is 93.4 Å². The van der Waals surface area contributed by atoms with Crippen molar-refractivity contribution in [1.29, 1.82) is 0 Å². The van der Waals surface area contributed by atoms with Gasteiger partial charge in [-0.1, -0.05) is 31.2 Å². The van der Waals surface area contributed by atoms with E-state index in [4.69, 9.17) is 26.5 Å².